The van der Waals surface area contributed by atoms with Crippen molar-refractivity contribution >= 4 is 21.6 Å². The predicted octanol–water partition coefficient (Wildman–Crippen LogP) is 2.48. The van der Waals surface area contributed by atoms with Crippen molar-refractivity contribution in [2.45, 2.75) is 18.4 Å². The van der Waals surface area contributed by atoms with Crippen molar-refractivity contribution in [3.63, 3.8) is 0 Å². The van der Waals surface area contributed by atoms with Crippen molar-refractivity contribution in [3.8, 4) is 11.5 Å². The highest BCUT2D eigenvalue weighted by molar-refractivity contribution is 7.89. The number of carbonyl (C=O) groups is 1. The predicted molar refractivity (Wildman–Crippen MR) is 98.9 cm³/mol. The van der Waals surface area contributed by atoms with Gasteiger partial charge in [0.1, 0.15) is 11.5 Å². The minimum Gasteiger partial charge on any atom is -0.497 e. The van der Waals surface area contributed by atoms with E-state index in [1.165, 1.54) is 37.5 Å². The summed E-state index contributed by atoms with van der Waals surface area (Å²) in [5, 5.41) is 2.60. The zero-order valence-corrected chi connectivity index (χ0v) is 16.0. The Morgan fingerprint density at radius 2 is 1.73 bits per heavy atom. The second kappa shape index (κ2) is 8.20. The van der Waals surface area contributed by atoms with Crippen molar-refractivity contribution < 1.29 is 22.7 Å². The number of hydrogen-bond donors (Lipinski definition) is 1. The van der Waals surface area contributed by atoms with Crippen LogP contribution in [-0.4, -0.2) is 39.9 Å². The second-order valence-corrected chi connectivity index (χ2v) is 7.69. The first-order valence-electron chi connectivity index (χ1n) is 7.83. The lowest BCUT2D eigenvalue weighted by Gasteiger charge is -2.19. The highest BCUT2D eigenvalue weighted by Crippen LogP contribution is 2.27. The Kier molecular flexibility index (Phi) is 6.23. The zero-order valence-electron chi connectivity index (χ0n) is 15.1. The van der Waals surface area contributed by atoms with Crippen molar-refractivity contribution in [2.75, 3.05) is 26.6 Å². The highest BCUT2D eigenvalue weighted by atomic mass is 32.2. The van der Waals surface area contributed by atoms with Gasteiger partial charge in [0.05, 0.1) is 19.1 Å². The van der Waals surface area contributed by atoms with Gasteiger partial charge in [-0.15, -0.1) is 0 Å². The molecular formula is C18H22N2O5S. The van der Waals surface area contributed by atoms with Gasteiger partial charge >= 0.3 is 0 Å². The van der Waals surface area contributed by atoms with Crippen LogP contribution >= 0.6 is 0 Å². The molecule has 0 aromatic heterocycles. The highest BCUT2D eigenvalue weighted by Gasteiger charge is 2.22. The molecule has 26 heavy (non-hydrogen) atoms. The summed E-state index contributed by atoms with van der Waals surface area (Å²) in [6.07, 6.45) is 0. The SMILES string of the molecule is COc1ccc(CN(C)S(=O)(=O)c2ccc(NC(C)=O)cc2)c(OC)c1. The van der Waals surface area contributed by atoms with Gasteiger partial charge in [-0.1, -0.05) is 6.07 Å². The Hall–Kier alpha value is -2.58. The van der Waals surface area contributed by atoms with Crippen LogP contribution in [0.3, 0.4) is 0 Å². The molecule has 0 aliphatic heterocycles. The third-order valence-corrected chi connectivity index (χ3v) is 5.59. The number of carbonyl (C=O) groups excluding carboxylic acids is 1. The fraction of sp³-hybridized carbons (Fsp3) is 0.278. The standard InChI is InChI=1S/C18H22N2O5S/c1-13(21)19-15-6-9-17(10-7-15)26(22,23)20(2)12-14-5-8-16(24-3)11-18(14)25-4/h5-11H,12H2,1-4H3,(H,19,21). The average Bonchev–Trinajstić information content (AvgIpc) is 2.61. The molecule has 0 spiro atoms. The van der Waals surface area contributed by atoms with Crippen LogP contribution < -0.4 is 14.8 Å². The van der Waals surface area contributed by atoms with Gasteiger partial charge in [0.15, 0.2) is 0 Å². The first kappa shape index (κ1) is 19.7. The molecule has 0 fully saturated rings. The number of benzene rings is 2. The molecular weight excluding hydrogens is 356 g/mol. The van der Waals surface area contributed by atoms with E-state index in [9.17, 15) is 13.2 Å². The molecule has 8 heteroatoms. The van der Waals surface area contributed by atoms with Gasteiger partial charge in [-0.3, -0.25) is 4.79 Å². The fourth-order valence-corrected chi connectivity index (χ4v) is 3.55. The summed E-state index contributed by atoms with van der Waals surface area (Å²) in [4.78, 5) is 11.2. The molecule has 0 unspecified atom stereocenters. The number of nitrogens with one attached hydrogen (secondary N) is 1. The number of anilines is 1. The molecule has 0 bridgehead atoms. The number of rotatable bonds is 7. The summed E-state index contributed by atoms with van der Waals surface area (Å²) in [5.74, 6) is 0.960. The van der Waals surface area contributed by atoms with Crippen LogP contribution in [0, 0.1) is 0 Å². The molecule has 7 nitrogen and oxygen atoms in total. The molecule has 2 aromatic carbocycles. The molecule has 0 aliphatic rings. The minimum atomic E-state index is -3.69. The summed E-state index contributed by atoms with van der Waals surface area (Å²) in [7, 11) is 0.884. The van der Waals surface area contributed by atoms with Crippen LogP contribution in [0.15, 0.2) is 47.4 Å². The van der Waals surface area contributed by atoms with E-state index in [-0.39, 0.29) is 17.3 Å². The van der Waals surface area contributed by atoms with Crippen molar-refractivity contribution in [1.29, 1.82) is 0 Å². The molecule has 0 saturated carbocycles. The number of methoxy groups -OCH3 is 2. The molecule has 0 heterocycles. The Bertz CT molecular complexity index is 879. The lowest BCUT2D eigenvalue weighted by molar-refractivity contribution is -0.114. The summed E-state index contributed by atoms with van der Waals surface area (Å²) < 4.78 is 37.2. The summed E-state index contributed by atoms with van der Waals surface area (Å²) in [6.45, 7) is 1.53. The zero-order chi connectivity index (χ0) is 19.3. The van der Waals surface area contributed by atoms with E-state index in [1.54, 1.807) is 37.4 Å². The Balaban J connectivity index is 2.22. The summed E-state index contributed by atoms with van der Waals surface area (Å²) in [6, 6.07) is 11.2. The average molecular weight is 378 g/mol. The maximum absolute atomic E-state index is 12.8. The smallest absolute Gasteiger partial charge is 0.243 e. The molecule has 0 atom stereocenters. The molecule has 0 radical (unpaired) electrons. The second-order valence-electron chi connectivity index (χ2n) is 5.64. The van der Waals surface area contributed by atoms with Crippen LogP contribution in [0.5, 0.6) is 11.5 Å². The third kappa shape index (κ3) is 4.53. The first-order valence-corrected chi connectivity index (χ1v) is 9.27. The summed E-state index contributed by atoms with van der Waals surface area (Å²) in [5.41, 5.74) is 1.25. The number of sulfonamides is 1. The lowest BCUT2D eigenvalue weighted by Crippen LogP contribution is -2.26. The molecule has 140 valence electrons. The number of amides is 1. The van der Waals surface area contributed by atoms with E-state index in [2.05, 4.69) is 5.32 Å². The van der Waals surface area contributed by atoms with E-state index in [0.717, 1.165) is 0 Å². The van der Waals surface area contributed by atoms with Crippen molar-refractivity contribution in [3.05, 3.63) is 48.0 Å². The van der Waals surface area contributed by atoms with Gasteiger partial charge in [-0.25, -0.2) is 8.42 Å². The first-order chi connectivity index (χ1) is 12.3. The molecule has 0 aliphatic carbocycles. The van der Waals surface area contributed by atoms with Crippen LogP contribution in [0.1, 0.15) is 12.5 Å². The lowest BCUT2D eigenvalue weighted by atomic mass is 10.2. The Morgan fingerprint density at radius 1 is 1.08 bits per heavy atom. The van der Waals surface area contributed by atoms with Gasteiger partial charge in [0, 0.05) is 37.8 Å². The normalized spacial score (nSPS) is 11.3. The maximum atomic E-state index is 12.8. The molecule has 1 amide bonds. The van der Waals surface area contributed by atoms with Gasteiger partial charge in [0.2, 0.25) is 15.9 Å². The molecule has 0 saturated heterocycles. The Morgan fingerprint density at radius 3 is 2.27 bits per heavy atom. The topological polar surface area (TPSA) is 84.9 Å². The monoisotopic (exact) mass is 378 g/mol. The largest absolute Gasteiger partial charge is 0.497 e. The quantitative estimate of drug-likeness (QED) is 0.800. The van der Waals surface area contributed by atoms with Crippen LogP contribution in [-0.2, 0) is 21.4 Å². The number of nitrogens with zero attached hydrogens (tertiary/aromatic N) is 1. The van der Waals surface area contributed by atoms with E-state index < -0.39 is 10.0 Å². The molecule has 2 aromatic rings. The van der Waals surface area contributed by atoms with Crippen molar-refractivity contribution in [2.24, 2.45) is 0 Å². The summed E-state index contributed by atoms with van der Waals surface area (Å²) >= 11 is 0. The third-order valence-electron chi connectivity index (χ3n) is 3.77. The van der Waals surface area contributed by atoms with E-state index >= 15 is 0 Å². The van der Waals surface area contributed by atoms with Crippen LogP contribution in [0.4, 0.5) is 5.69 Å². The van der Waals surface area contributed by atoms with Gasteiger partial charge in [-0.05, 0) is 30.3 Å². The minimum absolute atomic E-state index is 0.140. The number of ether oxygens (including phenoxy) is 2. The van der Waals surface area contributed by atoms with Crippen molar-refractivity contribution in [1.82, 2.24) is 4.31 Å². The van der Waals surface area contributed by atoms with Gasteiger partial charge in [-0.2, -0.15) is 4.31 Å². The van der Waals surface area contributed by atoms with Gasteiger partial charge in [0.25, 0.3) is 0 Å². The fourth-order valence-electron chi connectivity index (χ4n) is 2.40. The van der Waals surface area contributed by atoms with Crippen LogP contribution in [0.25, 0.3) is 0 Å². The van der Waals surface area contributed by atoms with E-state index in [4.69, 9.17) is 9.47 Å². The van der Waals surface area contributed by atoms with E-state index in [1.807, 2.05) is 0 Å². The molecule has 2 rings (SSSR count). The van der Waals surface area contributed by atoms with E-state index in [0.29, 0.717) is 22.7 Å². The number of hydrogen-bond acceptors (Lipinski definition) is 5. The van der Waals surface area contributed by atoms with Gasteiger partial charge < -0.3 is 14.8 Å². The maximum Gasteiger partial charge on any atom is 0.243 e. The van der Waals surface area contributed by atoms with Crippen LogP contribution in [0.2, 0.25) is 0 Å². The Labute approximate surface area is 153 Å². The molecule has 1 N–H and O–H groups in total.